The molecule has 0 atom stereocenters. The maximum absolute atomic E-state index is 11.9. The van der Waals surface area contributed by atoms with Crippen LogP contribution in [-0.2, 0) is 19.7 Å². The van der Waals surface area contributed by atoms with Gasteiger partial charge in [0.15, 0.2) is 0 Å². The maximum atomic E-state index is 11.9. The van der Waals surface area contributed by atoms with Crippen molar-refractivity contribution < 1.29 is 17.9 Å². The van der Waals surface area contributed by atoms with Crippen LogP contribution in [0.4, 0.5) is 0 Å². The number of carbonyl (C=O) groups excluding carboxylic acids is 1. The molecule has 25 heavy (non-hydrogen) atoms. The molecule has 130 valence electrons. The number of nitrogens with zero attached hydrogens (tertiary/aromatic N) is 3. The van der Waals surface area contributed by atoms with Crippen molar-refractivity contribution in [1.29, 1.82) is 0 Å². The van der Waals surface area contributed by atoms with Gasteiger partial charge in [-0.25, -0.2) is 13.8 Å². The summed E-state index contributed by atoms with van der Waals surface area (Å²) in [4.78, 5) is 15.5. The Morgan fingerprint density at radius 1 is 1.32 bits per heavy atom. The van der Waals surface area contributed by atoms with Gasteiger partial charge in [0, 0.05) is 31.8 Å². The number of rotatable bonds is 5. The first-order chi connectivity index (χ1) is 11.9. The number of aromatic nitrogens is 2. The third-order valence-electron chi connectivity index (χ3n) is 2.99. The molecule has 2 rings (SSSR count). The second-order valence-electron chi connectivity index (χ2n) is 5.04. The van der Waals surface area contributed by atoms with Crippen molar-refractivity contribution in [2.75, 3.05) is 20.7 Å². The highest BCUT2D eigenvalue weighted by molar-refractivity contribution is 7.87. The van der Waals surface area contributed by atoms with Gasteiger partial charge in [-0.15, -0.1) is 0 Å². The Morgan fingerprint density at radius 2 is 2.04 bits per heavy atom. The van der Waals surface area contributed by atoms with Gasteiger partial charge in [-0.1, -0.05) is 24.1 Å². The van der Waals surface area contributed by atoms with Crippen LogP contribution in [-0.4, -0.2) is 48.4 Å². The van der Waals surface area contributed by atoms with Crippen molar-refractivity contribution in [2.45, 2.75) is 0 Å². The van der Waals surface area contributed by atoms with E-state index >= 15 is 0 Å². The van der Waals surface area contributed by atoms with Gasteiger partial charge in [0.2, 0.25) is 0 Å². The van der Waals surface area contributed by atoms with E-state index in [1.807, 2.05) is 18.2 Å². The molecule has 0 spiro atoms. The number of imidazole rings is 1. The molecule has 0 radical (unpaired) electrons. The Morgan fingerprint density at radius 3 is 2.72 bits per heavy atom. The predicted molar refractivity (Wildman–Crippen MR) is 93.5 cm³/mol. The number of esters is 1. The fourth-order valence-corrected chi connectivity index (χ4v) is 2.48. The summed E-state index contributed by atoms with van der Waals surface area (Å²) in [6.45, 7) is 0.00952. The number of carbonyl (C=O) groups is 1. The molecule has 0 saturated heterocycles. The predicted octanol–water partition coefficient (Wildman–Crippen LogP) is 1.15. The highest BCUT2D eigenvalue weighted by atomic mass is 32.2. The zero-order valence-electron chi connectivity index (χ0n) is 13.8. The van der Waals surface area contributed by atoms with E-state index in [1.165, 1.54) is 26.6 Å². The van der Waals surface area contributed by atoms with E-state index in [4.69, 9.17) is 4.74 Å². The van der Waals surface area contributed by atoms with Gasteiger partial charge in [0.25, 0.3) is 0 Å². The number of ether oxygens (including phenoxy) is 1. The molecule has 0 unspecified atom stereocenters. The first-order valence-electron chi connectivity index (χ1n) is 7.27. The Hall–Kier alpha value is -2.89. The molecule has 0 fully saturated rings. The molecule has 7 nitrogen and oxygen atoms in total. The Kier molecular flexibility index (Phi) is 6.11. The van der Waals surface area contributed by atoms with E-state index in [2.05, 4.69) is 16.8 Å². The minimum absolute atomic E-state index is 0.00952. The van der Waals surface area contributed by atoms with Crippen LogP contribution in [0.25, 0.3) is 6.08 Å². The number of benzene rings is 1. The van der Waals surface area contributed by atoms with Crippen LogP contribution in [0.5, 0.6) is 0 Å². The summed E-state index contributed by atoms with van der Waals surface area (Å²) < 4.78 is 30.8. The summed E-state index contributed by atoms with van der Waals surface area (Å²) in [6.07, 6.45) is 5.67. The van der Waals surface area contributed by atoms with Gasteiger partial charge >= 0.3 is 16.2 Å². The Labute approximate surface area is 146 Å². The zero-order valence-corrected chi connectivity index (χ0v) is 14.6. The lowest BCUT2D eigenvalue weighted by atomic mass is 10.2. The summed E-state index contributed by atoms with van der Waals surface area (Å²) in [5, 5.41) is 0. The molecule has 0 bridgehead atoms. The van der Waals surface area contributed by atoms with Crippen LogP contribution in [0.2, 0.25) is 0 Å². The Balaban J connectivity index is 1.87. The van der Waals surface area contributed by atoms with E-state index in [9.17, 15) is 13.2 Å². The van der Waals surface area contributed by atoms with Crippen molar-refractivity contribution in [1.82, 2.24) is 13.3 Å². The van der Waals surface area contributed by atoms with E-state index in [0.717, 1.165) is 13.8 Å². The van der Waals surface area contributed by atoms with Crippen molar-refractivity contribution >= 4 is 22.3 Å². The average molecular weight is 359 g/mol. The number of hydrogen-bond donors (Lipinski definition) is 0. The summed E-state index contributed by atoms with van der Waals surface area (Å²) in [6, 6.07) is 9.09. The average Bonchev–Trinajstić information content (AvgIpc) is 3.07. The van der Waals surface area contributed by atoms with Gasteiger partial charge in [0.1, 0.15) is 12.9 Å². The van der Waals surface area contributed by atoms with Crippen LogP contribution in [0.1, 0.15) is 11.3 Å². The molecule has 0 amide bonds. The van der Waals surface area contributed by atoms with E-state index in [1.54, 1.807) is 24.3 Å². The standard InChI is InChI=1S/C17H17N3O4S/c1-19(2)25(22,23)20-13-16(18-14-20)9-6-12-24-17(21)11-10-15-7-4-3-5-8-15/h3-9,13-14H,12H2,1-2H3/b9-6+. The summed E-state index contributed by atoms with van der Waals surface area (Å²) in [7, 11) is -0.721. The molecule has 1 heterocycles. The second kappa shape index (κ2) is 8.28. The topological polar surface area (TPSA) is 81.5 Å². The number of hydrogen-bond acceptors (Lipinski definition) is 5. The molecule has 0 N–H and O–H groups in total. The van der Waals surface area contributed by atoms with Gasteiger partial charge in [-0.05, 0) is 24.3 Å². The van der Waals surface area contributed by atoms with Crippen molar-refractivity contribution in [3.8, 4) is 11.8 Å². The van der Waals surface area contributed by atoms with E-state index < -0.39 is 16.2 Å². The molecular formula is C17H17N3O4S. The third kappa shape index (κ3) is 5.31. The van der Waals surface area contributed by atoms with Gasteiger partial charge in [-0.3, -0.25) is 0 Å². The van der Waals surface area contributed by atoms with Crippen LogP contribution >= 0.6 is 0 Å². The van der Waals surface area contributed by atoms with Gasteiger partial charge < -0.3 is 4.74 Å². The minimum Gasteiger partial charge on any atom is -0.452 e. The molecule has 8 heteroatoms. The third-order valence-corrected chi connectivity index (χ3v) is 4.65. The van der Waals surface area contributed by atoms with Crippen LogP contribution in [0.3, 0.4) is 0 Å². The molecule has 0 aliphatic carbocycles. The van der Waals surface area contributed by atoms with E-state index in [0.29, 0.717) is 5.69 Å². The Bertz CT molecular complexity index is 920. The lowest BCUT2D eigenvalue weighted by Gasteiger charge is -2.10. The quantitative estimate of drug-likeness (QED) is 0.591. The SMILES string of the molecule is CN(C)S(=O)(=O)n1cnc(/C=C/COC(=O)C#Cc2ccccc2)c1. The first-order valence-corrected chi connectivity index (χ1v) is 8.66. The summed E-state index contributed by atoms with van der Waals surface area (Å²) in [5.74, 6) is 4.44. The van der Waals surface area contributed by atoms with Crippen molar-refractivity contribution in [2.24, 2.45) is 0 Å². The minimum atomic E-state index is -3.58. The smallest absolute Gasteiger partial charge is 0.385 e. The largest absolute Gasteiger partial charge is 0.452 e. The molecule has 0 aliphatic rings. The first kappa shape index (κ1) is 18.4. The second-order valence-corrected chi connectivity index (χ2v) is 7.08. The highest BCUT2D eigenvalue weighted by Crippen LogP contribution is 2.05. The molecule has 0 saturated carbocycles. The lowest BCUT2D eigenvalue weighted by Crippen LogP contribution is -2.27. The monoisotopic (exact) mass is 359 g/mol. The van der Waals surface area contributed by atoms with Gasteiger partial charge in [0.05, 0.1) is 5.69 Å². The summed E-state index contributed by atoms with van der Waals surface area (Å²) in [5.41, 5.74) is 1.15. The lowest BCUT2D eigenvalue weighted by molar-refractivity contribution is -0.135. The highest BCUT2D eigenvalue weighted by Gasteiger charge is 2.15. The molecule has 2 aromatic rings. The van der Waals surface area contributed by atoms with Crippen LogP contribution in [0.15, 0.2) is 48.9 Å². The molecule has 1 aromatic heterocycles. The normalized spacial score (nSPS) is 11.3. The maximum Gasteiger partial charge on any atom is 0.385 e. The van der Waals surface area contributed by atoms with Crippen molar-refractivity contribution in [3.05, 3.63) is 60.2 Å². The zero-order chi connectivity index (χ0) is 18.3. The van der Waals surface area contributed by atoms with Crippen LogP contribution in [0, 0.1) is 11.8 Å². The van der Waals surface area contributed by atoms with E-state index in [-0.39, 0.29) is 6.61 Å². The molecule has 1 aromatic carbocycles. The molecular weight excluding hydrogens is 342 g/mol. The fourth-order valence-electron chi connectivity index (χ4n) is 1.69. The fraction of sp³-hybridized carbons (Fsp3) is 0.176. The van der Waals surface area contributed by atoms with Gasteiger partial charge in [-0.2, -0.15) is 12.7 Å². The van der Waals surface area contributed by atoms with Crippen LogP contribution < -0.4 is 0 Å². The van der Waals surface area contributed by atoms with Crippen molar-refractivity contribution in [3.63, 3.8) is 0 Å². The molecule has 0 aliphatic heterocycles. The summed E-state index contributed by atoms with van der Waals surface area (Å²) >= 11 is 0.